The molecule has 0 unspecified atom stereocenters. The van der Waals surface area contributed by atoms with Crippen LogP contribution in [-0.4, -0.2) is 30.4 Å². The van der Waals surface area contributed by atoms with Crippen molar-refractivity contribution in [2.24, 2.45) is 5.92 Å². The first kappa shape index (κ1) is 19.2. The molecule has 1 aromatic rings. The number of nitrogens with zero attached hydrogens (tertiary/aromatic N) is 2. The summed E-state index contributed by atoms with van der Waals surface area (Å²) in [5.41, 5.74) is 4.42. The van der Waals surface area contributed by atoms with Gasteiger partial charge >= 0.3 is 0 Å². The summed E-state index contributed by atoms with van der Waals surface area (Å²) in [7, 11) is 0. The highest BCUT2D eigenvalue weighted by Gasteiger charge is 2.39. The maximum atomic E-state index is 2.60. The summed E-state index contributed by atoms with van der Waals surface area (Å²) in [4.78, 5) is 2.60. The number of benzene rings is 1. The van der Waals surface area contributed by atoms with Crippen molar-refractivity contribution in [3.05, 3.63) is 41.6 Å². The third kappa shape index (κ3) is 3.89. The molecule has 1 saturated carbocycles. The van der Waals surface area contributed by atoms with Crippen LogP contribution in [0, 0.1) is 5.92 Å². The summed E-state index contributed by atoms with van der Waals surface area (Å²) in [6.07, 6.45) is 13.2. The lowest BCUT2D eigenvalue weighted by Gasteiger charge is -2.27. The standard InChI is InChI=1S/C24H37N2/c1-5-25(6-2)19-17-23-24(3,4)21-15-9-10-16-22(21)26(23)18-11-14-20-12-7-8-13-20/h9-10,15-17,19-20H,5-8,11-14,18H2,1-4H3/q+1. The van der Waals surface area contributed by atoms with E-state index in [0.717, 1.165) is 25.6 Å². The van der Waals surface area contributed by atoms with E-state index >= 15 is 0 Å². The monoisotopic (exact) mass is 353 g/mol. The number of anilines is 1. The molecule has 0 spiro atoms. The second-order valence-corrected chi connectivity index (χ2v) is 8.51. The van der Waals surface area contributed by atoms with Gasteiger partial charge in [-0.25, -0.2) is 4.58 Å². The molecule has 2 nitrogen and oxygen atoms in total. The predicted molar refractivity (Wildman–Crippen MR) is 113 cm³/mol. The minimum absolute atomic E-state index is 0.0770. The number of para-hydroxylation sites is 1. The second-order valence-electron chi connectivity index (χ2n) is 8.51. The highest BCUT2D eigenvalue weighted by molar-refractivity contribution is 5.77. The fraction of sp³-hybridized carbons (Fsp3) is 0.625. The maximum Gasteiger partial charge on any atom is 0.165 e. The van der Waals surface area contributed by atoms with Gasteiger partial charge in [-0.15, -0.1) is 0 Å². The van der Waals surface area contributed by atoms with Crippen LogP contribution in [0.25, 0.3) is 0 Å². The van der Waals surface area contributed by atoms with Crippen LogP contribution < -0.4 is 4.90 Å². The molecule has 1 heterocycles. The van der Waals surface area contributed by atoms with Gasteiger partial charge in [0.15, 0.2) is 6.21 Å². The molecule has 1 fully saturated rings. The van der Waals surface area contributed by atoms with Gasteiger partial charge in [-0.1, -0.05) is 57.7 Å². The van der Waals surface area contributed by atoms with Crippen molar-refractivity contribution in [2.75, 3.05) is 24.5 Å². The minimum Gasteiger partial charge on any atom is -0.344 e. The molecule has 0 bridgehead atoms. The van der Waals surface area contributed by atoms with Crippen LogP contribution in [0.1, 0.15) is 71.8 Å². The van der Waals surface area contributed by atoms with Crippen molar-refractivity contribution in [1.82, 2.24) is 0 Å². The average molecular weight is 354 g/mol. The molecule has 1 aliphatic heterocycles. The highest BCUT2D eigenvalue weighted by atomic mass is 15.2. The largest absolute Gasteiger partial charge is 0.344 e. The van der Waals surface area contributed by atoms with E-state index in [1.54, 1.807) is 0 Å². The lowest BCUT2D eigenvalue weighted by molar-refractivity contribution is -0.515. The third-order valence-corrected chi connectivity index (χ3v) is 6.52. The summed E-state index contributed by atoms with van der Waals surface area (Å²) in [5, 5.41) is 0. The lowest BCUT2D eigenvalue weighted by atomic mass is 9.84. The van der Waals surface area contributed by atoms with Crippen LogP contribution in [0.15, 0.2) is 36.0 Å². The molecule has 2 heteroatoms. The molecule has 3 rings (SSSR count). The first-order chi connectivity index (χ1) is 12.6. The van der Waals surface area contributed by atoms with E-state index in [9.17, 15) is 0 Å². The fourth-order valence-electron chi connectivity index (χ4n) is 4.83. The van der Waals surface area contributed by atoms with E-state index in [-0.39, 0.29) is 5.41 Å². The van der Waals surface area contributed by atoms with Crippen molar-refractivity contribution in [3.8, 4) is 0 Å². The van der Waals surface area contributed by atoms with Crippen LogP contribution >= 0.6 is 0 Å². The van der Waals surface area contributed by atoms with Gasteiger partial charge in [0, 0.05) is 29.4 Å². The Labute approximate surface area is 160 Å². The zero-order chi connectivity index (χ0) is 18.6. The Morgan fingerprint density at radius 2 is 1.81 bits per heavy atom. The third-order valence-electron chi connectivity index (χ3n) is 6.52. The van der Waals surface area contributed by atoms with Crippen molar-refractivity contribution in [1.29, 1.82) is 0 Å². The van der Waals surface area contributed by atoms with Crippen LogP contribution in [0.3, 0.4) is 0 Å². The van der Waals surface area contributed by atoms with Crippen LogP contribution in [0.5, 0.6) is 0 Å². The van der Waals surface area contributed by atoms with E-state index in [2.05, 4.69) is 73.7 Å². The van der Waals surface area contributed by atoms with Gasteiger partial charge in [-0.05, 0) is 44.2 Å². The molecule has 0 atom stereocenters. The zero-order valence-electron chi connectivity index (χ0n) is 17.3. The Bertz CT molecular complexity index is 657. The Hall–Kier alpha value is -1.57. The van der Waals surface area contributed by atoms with Gasteiger partial charge in [0.1, 0.15) is 13.1 Å². The Balaban J connectivity index is 1.84. The summed E-state index contributed by atoms with van der Waals surface area (Å²) in [6, 6.07) is 9.01. The molecule has 0 saturated heterocycles. The second kappa shape index (κ2) is 8.41. The molecular formula is C24H37N2+. The number of allylic oxidation sites excluding steroid dienone is 2. The van der Waals surface area contributed by atoms with Crippen LogP contribution in [0.4, 0.5) is 5.69 Å². The van der Waals surface area contributed by atoms with Crippen molar-refractivity contribution in [3.63, 3.8) is 0 Å². The normalized spacial score (nSPS) is 20.6. The van der Waals surface area contributed by atoms with E-state index in [0.29, 0.717) is 0 Å². The van der Waals surface area contributed by atoms with Crippen LogP contribution in [0.2, 0.25) is 0 Å². The van der Waals surface area contributed by atoms with E-state index < -0.39 is 0 Å². The number of fused-ring (bicyclic) bond motifs is 1. The number of hydrogen-bond acceptors (Lipinski definition) is 1. The molecule has 1 aromatic carbocycles. The molecule has 142 valence electrons. The van der Waals surface area contributed by atoms with Gasteiger partial charge in [0.05, 0.1) is 0 Å². The minimum atomic E-state index is 0.0770. The Morgan fingerprint density at radius 1 is 1.12 bits per heavy atom. The predicted octanol–water partition coefficient (Wildman–Crippen LogP) is 5.76. The van der Waals surface area contributed by atoms with Gasteiger partial charge < -0.3 is 4.90 Å². The molecular weight excluding hydrogens is 316 g/mol. The van der Waals surface area contributed by atoms with Gasteiger partial charge in [-0.3, -0.25) is 0 Å². The average Bonchev–Trinajstić information content (AvgIpc) is 3.23. The Kier molecular flexibility index (Phi) is 6.21. The molecule has 2 aliphatic rings. The van der Waals surface area contributed by atoms with Gasteiger partial charge in [0.25, 0.3) is 0 Å². The van der Waals surface area contributed by atoms with E-state index in [1.165, 1.54) is 55.5 Å². The quantitative estimate of drug-likeness (QED) is 0.446. The van der Waals surface area contributed by atoms with Crippen molar-refractivity contribution < 1.29 is 4.58 Å². The summed E-state index contributed by atoms with van der Waals surface area (Å²) < 4.78 is 2.38. The van der Waals surface area contributed by atoms with Crippen molar-refractivity contribution >= 4 is 11.9 Å². The molecule has 0 radical (unpaired) electrons. The first-order valence-corrected chi connectivity index (χ1v) is 10.7. The van der Waals surface area contributed by atoms with Gasteiger partial charge in [-0.2, -0.15) is 0 Å². The van der Waals surface area contributed by atoms with Crippen LogP contribution in [-0.2, 0) is 5.41 Å². The Morgan fingerprint density at radius 3 is 2.50 bits per heavy atom. The number of hydrogen-bond donors (Lipinski definition) is 0. The molecule has 1 aliphatic carbocycles. The smallest absolute Gasteiger partial charge is 0.165 e. The van der Waals surface area contributed by atoms with Crippen molar-refractivity contribution in [2.45, 2.75) is 71.6 Å². The SMILES string of the molecule is CC[N+](=CC=C1N(CCCC2CCCC2)c2ccccc2C1(C)C)CC. The first-order valence-electron chi connectivity index (χ1n) is 10.7. The summed E-state index contributed by atoms with van der Waals surface area (Å²) in [5.74, 6) is 0.982. The lowest BCUT2D eigenvalue weighted by Crippen LogP contribution is -2.28. The molecule has 0 aromatic heterocycles. The maximum absolute atomic E-state index is 2.60. The topological polar surface area (TPSA) is 6.25 Å². The van der Waals surface area contributed by atoms with E-state index in [1.807, 2.05) is 0 Å². The molecule has 0 N–H and O–H groups in total. The molecule has 0 amide bonds. The zero-order valence-corrected chi connectivity index (χ0v) is 17.3. The molecule has 26 heavy (non-hydrogen) atoms. The number of rotatable bonds is 7. The summed E-state index contributed by atoms with van der Waals surface area (Å²) >= 11 is 0. The van der Waals surface area contributed by atoms with Gasteiger partial charge in [0.2, 0.25) is 0 Å². The fourth-order valence-corrected chi connectivity index (χ4v) is 4.83. The highest BCUT2D eigenvalue weighted by Crippen LogP contribution is 2.47. The summed E-state index contributed by atoms with van der Waals surface area (Å²) in [6.45, 7) is 12.5. The van der Waals surface area contributed by atoms with E-state index in [4.69, 9.17) is 0 Å².